The van der Waals surface area contributed by atoms with Crippen LogP contribution in [0.5, 0.6) is 0 Å². The highest BCUT2D eigenvalue weighted by Crippen LogP contribution is 2.31. The molecule has 1 fully saturated rings. The minimum atomic E-state index is -0.294. The second-order valence-corrected chi connectivity index (χ2v) is 5.02. The normalized spacial score (nSPS) is 16.5. The smallest absolute Gasteiger partial charge is 0.198 e. The van der Waals surface area contributed by atoms with E-state index in [1.165, 1.54) is 12.1 Å². The van der Waals surface area contributed by atoms with Crippen LogP contribution in [0.25, 0.3) is 11.3 Å². The van der Waals surface area contributed by atoms with E-state index in [0.29, 0.717) is 17.3 Å². The number of hydrogen-bond donors (Lipinski definition) is 2. The fourth-order valence-electron chi connectivity index (χ4n) is 2.55. The minimum Gasteiger partial charge on any atom is -0.440 e. The van der Waals surface area contributed by atoms with E-state index >= 15 is 0 Å². The largest absolute Gasteiger partial charge is 0.440 e. The SMILES string of the molecule is OCc1nc(C2CCNCC2)oc1-c1ccc(F)cc1. The molecule has 0 aliphatic carbocycles. The van der Waals surface area contributed by atoms with Gasteiger partial charge in [0, 0.05) is 11.5 Å². The van der Waals surface area contributed by atoms with Crippen LogP contribution in [-0.4, -0.2) is 23.2 Å². The van der Waals surface area contributed by atoms with E-state index in [2.05, 4.69) is 10.3 Å². The number of aliphatic hydroxyl groups excluding tert-OH is 1. The Bertz CT molecular complexity index is 574. The number of nitrogens with one attached hydrogen (secondary N) is 1. The Morgan fingerprint density at radius 1 is 1.25 bits per heavy atom. The van der Waals surface area contributed by atoms with Crippen LogP contribution in [0.4, 0.5) is 4.39 Å². The van der Waals surface area contributed by atoms with Crippen LogP contribution in [0.1, 0.15) is 30.3 Å². The third kappa shape index (κ3) is 2.59. The van der Waals surface area contributed by atoms with Crippen LogP contribution in [0.3, 0.4) is 0 Å². The molecular formula is C15H17FN2O2. The van der Waals surface area contributed by atoms with Gasteiger partial charge in [-0.1, -0.05) is 0 Å². The standard InChI is InChI=1S/C15H17FN2O2/c16-12-3-1-10(2-4-12)14-13(9-19)18-15(20-14)11-5-7-17-8-6-11/h1-4,11,17,19H,5-9H2. The van der Waals surface area contributed by atoms with Crippen molar-refractivity contribution in [1.29, 1.82) is 0 Å². The molecule has 2 heterocycles. The molecule has 2 N–H and O–H groups in total. The molecule has 1 aromatic carbocycles. The number of piperidine rings is 1. The van der Waals surface area contributed by atoms with Gasteiger partial charge in [0.1, 0.15) is 11.5 Å². The molecule has 2 aromatic rings. The number of nitrogens with zero attached hydrogens (tertiary/aromatic N) is 1. The van der Waals surface area contributed by atoms with Gasteiger partial charge in [-0.05, 0) is 50.2 Å². The number of aliphatic hydroxyl groups is 1. The summed E-state index contributed by atoms with van der Waals surface area (Å²) >= 11 is 0. The highest BCUT2D eigenvalue weighted by Gasteiger charge is 2.23. The number of hydrogen-bond acceptors (Lipinski definition) is 4. The number of oxazole rings is 1. The molecular weight excluding hydrogens is 259 g/mol. The molecule has 0 spiro atoms. The lowest BCUT2D eigenvalue weighted by atomic mass is 9.98. The Morgan fingerprint density at radius 2 is 1.95 bits per heavy atom. The maximum atomic E-state index is 13.0. The van der Waals surface area contributed by atoms with Crippen molar-refractivity contribution < 1.29 is 13.9 Å². The van der Waals surface area contributed by atoms with E-state index in [-0.39, 0.29) is 18.3 Å². The molecule has 0 bridgehead atoms. The Balaban J connectivity index is 1.93. The molecule has 20 heavy (non-hydrogen) atoms. The van der Waals surface area contributed by atoms with Crippen molar-refractivity contribution in [1.82, 2.24) is 10.3 Å². The summed E-state index contributed by atoms with van der Waals surface area (Å²) in [6.45, 7) is 1.72. The summed E-state index contributed by atoms with van der Waals surface area (Å²) in [6, 6.07) is 6.04. The molecule has 0 radical (unpaired) electrons. The van der Waals surface area contributed by atoms with E-state index in [4.69, 9.17) is 4.42 Å². The highest BCUT2D eigenvalue weighted by molar-refractivity contribution is 5.59. The lowest BCUT2D eigenvalue weighted by molar-refractivity contribution is 0.277. The first-order chi connectivity index (χ1) is 9.78. The summed E-state index contributed by atoms with van der Waals surface area (Å²) in [7, 11) is 0. The van der Waals surface area contributed by atoms with Crippen molar-refractivity contribution in [3.63, 3.8) is 0 Å². The molecule has 106 valence electrons. The molecule has 5 heteroatoms. The number of benzene rings is 1. The predicted octanol–water partition coefficient (Wildman–Crippen LogP) is 2.44. The van der Waals surface area contributed by atoms with Crippen molar-refractivity contribution in [2.45, 2.75) is 25.4 Å². The van der Waals surface area contributed by atoms with Gasteiger partial charge in [0.05, 0.1) is 6.61 Å². The Labute approximate surface area is 116 Å². The summed E-state index contributed by atoms with van der Waals surface area (Å²) < 4.78 is 18.8. The molecule has 3 rings (SSSR count). The zero-order valence-electron chi connectivity index (χ0n) is 11.1. The van der Waals surface area contributed by atoms with Crippen LogP contribution in [0, 0.1) is 5.82 Å². The van der Waals surface area contributed by atoms with Gasteiger partial charge in [0.15, 0.2) is 11.7 Å². The summed E-state index contributed by atoms with van der Waals surface area (Å²) in [5.41, 5.74) is 1.26. The van der Waals surface area contributed by atoms with Gasteiger partial charge in [-0.25, -0.2) is 9.37 Å². The minimum absolute atomic E-state index is 0.179. The van der Waals surface area contributed by atoms with Crippen molar-refractivity contribution >= 4 is 0 Å². The predicted molar refractivity (Wildman–Crippen MR) is 72.7 cm³/mol. The first kappa shape index (κ1) is 13.3. The summed E-state index contributed by atoms with van der Waals surface area (Å²) in [5.74, 6) is 1.21. The number of halogens is 1. The maximum absolute atomic E-state index is 13.0. The molecule has 1 aliphatic rings. The topological polar surface area (TPSA) is 58.3 Å². The third-order valence-electron chi connectivity index (χ3n) is 3.66. The fourth-order valence-corrected chi connectivity index (χ4v) is 2.55. The second-order valence-electron chi connectivity index (χ2n) is 5.02. The van der Waals surface area contributed by atoms with Gasteiger partial charge >= 0.3 is 0 Å². The molecule has 1 saturated heterocycles. The van der Waals surface area contributed by atoms with Gasteiger partial charge in [-0.2, -0.15) is 0 Å². The molecule has 0 unspecified atom stereocenters. The quantitative estimate of drug-likeness (QED) is 0.904. The monoisotopic (exact) mass is 276 g/mol. The van der Waals surface area contributed by atoms with Gasteiger partial charge in [-0.3, -0.25) is 0 Å². The zero-order valence-corrected chi connectivity index (χ0v) is 11.1. The molecule has 4 nitrogen and oxygen atoms in total. The van der Waals surface area contributed by atoms with Gasteiger partial charge in [0.25, 0.3) is 0 Å². The second kappa shape index (κ2) is 5.73. The Morgan fingerprint density at radius 3 is 2.60 bits per heavy atom. The van der Waals surface area contributed by atoms with Crippen molar-refractivity contribution in [3.05, 3.63) is 41.7 Å². The molecule has 1 aliphatic heterocycles. The van der Waals surface area contributed by atoms with Crippen LogP contribution in [0.2, 0.25) is 0 Å². The van der Waals surface area contributed by atoms with Gasteiger partial charge < -0.3 is 14.8 Å². The van der Waals surface area contributed by atoms with Gasteiger partial charge in [-0.15, -0.1) is 0 Å². The first-order valence-corrected chi connectivity index (χ1v) is 6.85. The molecule has 0 saturated carbocycles. The van der Waals surface area contributed by atoms with E-state index in [0.717, 1.165) is 31.5 Å². The van der Waals surface area contributed by atoms with E-state index in [9.17, 15) is 9.50 Å². The fraction of sp³-hybridized carbons (Fsp3) is 0.400. The Kier molecular flexibility index (Phi) is 3.80. The van der Waals surface area contributed by atoms with Crippen LogP contribution in [-0.2, 0) is 6.61 Å². The maximum Gasteiger partial charge on any atom is 0.198 e. The Hall–Kier alpha value is -1.72. The lowest BCUT2D eigenvalue weighted by Gasteiger charge is -2.19. The average molecular weight is 276 g/mol. The van der Waals surface area contributed by atoms with Crippen molar-refractivity contribution in [3.8, 4) is 11.3 Å². The first-order valence-electron chi connectivity index (χ1n) is 6.85. The highest BCUT2D eigenvalue weighted by atomic mass is 19.1. The summed E-state index contributed by atoms with van der Waals surface area (Å²) in [4.78, 5) is 4.41. The van der Waals surface area contributed by atoms with Crippen molar-refractivity contribution in [2.24, 2.45) is 0 Å². The van der Waals surface area contributed by atoms with Gasteiger partial charge in [0.2, 0.25) is 0 Å². The molecule has 1 aromatic heterocycles. The average Bonchev–Trinajstić information content (AvgIpc) is 2.93. The molecule has 0 amide bonds. The van der Waals surface area contributed by atoms with Crippen LogP contribution < -0.4 is 5.32 Å². The van der Waals surface area contributed by atoms with Crippen LogP contribution in [0.15, 0.2) is 28.7 Å². The van der Waals surface area contributed by atoms with E-state index in [1.54, 1.807) is 12.1 Å². The van der Waals surface area contributed by atoms with Crippen LogP contribution >= 0.6 is 0 Å². The van der Waals surface area contributed by atoms with Crippen molar-refractivity contribution in [2.75, 3.05) is 13.1 Å². The lowest BCUT2D eigenvalue weighted by Crippen LogP contribution is -2.26. The van der Waals surface area contributed by atoms with E-state index in [1.807, 2.05) is 0 Å². The third-order valence-corrected chi connectivity index (χ3v) is 3.66. The summed E-state index contributed by atoms with van der Waals surface area (Å²) in [6.07, 6.45) is 1.96. The van der Waals surface area contributed by atoms with E-state index < -0.39 is 0 Å². The summed E-state index contributed by atoms with van der Waals surface area (Å²) in [5, 5.41) is 12.7. The number of aromatic nitrogens is 1. The number of rotatable bonds is 3. The molecule has 0 atom stereocenters. The zero-order chi connectivity index (χ0) is 13.9.